The third-order valence-electron chi connectivity index (χ3n) is 2.31. The summed E-state index contributed by atoms with van der Waals surface area (Å²) in [5.74, 6) is 0.457. The van der Waals surface area contributed by atoms with Crippen LogP contribution in [0.4, 0.5) is 9.28 Å². The molecular weight excluding hydrogens is 185 g/mol. The molecule has 1 amide bonds. The second kappa shape index (κ2) is 2.31. The van der Waals surface area contributed by atoms with Gasteiger partial charge in [0.2, 0.25) is 0 Å². The van der Waals surface area contributed by atoms with Crippen molar-refractivity contribution in [1.82, 2.24) is 14.7 Å². The highest BCUT2D eigenvalue weighted by molar-refractivity contribution is 5.91. The minimum absolute atomic E-state index is 0.0620. The maximum Gasteiger partial charge on any atom is 0.358 e. The van der Waals surface area contributed by atoms with Gasteiger partial charge in [0.25, 0.3) is 0 Å². The van der Waals surface area contributed by atoms with Crippen molar-refractivity contribution in [2.24, 2.45) is 0 Å². The van der Waals surface area contributed by atoms with Crippen LogP contribution in [-0.2, 0) is 6.54 Å². The molecule has 3 rings (SSSR count). The van der Waals surface area contributed by atoms with Crippen molar-refractivity contribution in [2.75, 3.05) is 0 Å². The van der Waals surface area contributed by atoms with Crippen LogP contribution in [0.1, 0.15) is 5.82 Å². The summed E-state index contributed by atoms with van der Waals surface area (Å²) in [6.07, 6.45) is 0. The number of fused-ring (bicyclic) bond motifs is 3. The van der Waals surface area contributed by atoms with E-state index in [4.69, 9.17) is 0 Å². The van der Waals surface area contributed by atoms with Crippen LogP contribution in [0.15, 0.2) is 24.3 Å². The zero-order chi connectivity index (χ0) is 9.71. The summed E-state index contributed by atoms with van der Waals surface area (Å²) in [4.78, 5) is 15.5. The summed E-state index contributed by atoms with van der Waals surface area (Å²) in [5.41, 5.74) is 1.39. The lowest BCUT2D eigenvalue weighted by Crippen LogP contribution is -2.17. The molecule has 2 heterocycles. The Bertz CT molecular complexity index is 534. The Labute approximate surface area is 78.5 Å². The molecule has 4 nitrogen and oxygen atoms in total. The lowest BCUT2D eigenvalue weighted by Gasteiger charge is -2.00. The van der Waals surface area contributed by atoms with E-state index >= 15 is 0 Å². The molecule has 2 aromatic rings. The topological polar surface area (TPSA) is 38.1 Å². The Balaban J connectivity index is 2.38. The highest BCUT2D eigenvalue weighted by atomic mass is 19.2. The zero-order valence-electron chi connectivity index (χ0n) is 7.14. The van der Waals surface area contributed by atoms with Crippen LogP contribution >= 0.6 is 0 Å². The van der Waals surface area contributed by atoms with E-state index in [0.717, 1.165) is 5.52 Å². The van der Waals surface area contributed by atoms with E-state index < -0.39 is 6.03 Å². The van der Waals surface area contributed by atoms with Crippen molar-refractivity contribution in [3.63, 3.8) is 0 Å². The number of aromatic nitrogens is 2. The van der Waals surface area contributed by atoms with E-state index in [1.165, 1.54) is 4.57 Å². The van der Waals surface area contributed by atoms with Crippen molar-refractivity contribution in [3.05, 3.63) is 30.1 Å². The molecule has 0 fully saturated rings. The number of hydrogen-bond acceptors (Lipinski definition) is 2. The first kappa shape index (κ1) is 7.49. The summed E-state index contributed by atoms with van der Waals surface area (Å²) >= 11 is 0. The molecule has 1 aliphatic rings. The Morgan fingerprint density at radius 2 is 2.14 bits per heavy atom. The molecule has 0 atom stereocenters. The van der Waals surface area contributed by atoms with Gasteiger partial charge in [-0.25, -0.2) is 14.3 Å². The van der Waals surface area contributed by atoms with E-state index in [2.05, 4.69) is 4.98 Å². The molecule has 70 valence electrons. The fourth-order valence-electron chi connectivity index (χ4n) is 1.70. The molecule has 14 heavy (non-hydrogen) atoms. The van der Waals surface area contributed by atoms with E-state index in [0.29, 0.717) is 11.3 Å². The first-order valence-corrected chi connectivity index (χ1v) is 4.21. The van der Waals surface area contributed by atoms with Crippen molar-refractivity contribution in [1.29, 1.82) is 0 Å². The van der Waals surface area contributed by atoms with Crippen LogP contribution < -0.4 is 0 Å². The van der Waals surface area contributed by atoms with Crippen LogP contribution in [-0.4, -0.2) is 20.7 Å². The molecule has 5 heteroatoms. The number of imidazole rings is 1. The van der Waals surface area contributed by atoms with E-state index in [1.807, 2.05) is 6.07 Å². The fraction of sp³-hybridized carbons (Fsp3) is 0.111. The second-order valence-electron chi connectivity index (χ2n) is 3.15. The monoisotopic (exact) mass is 191 g/mol. The number of carbonyl (C=O) groups excluding carboxylic acids is 1. The smallest absolute Gasteiger partial charge is 0.245 e. The highest BCUT2D eigenvalue weighted by Gasteiger charge is 2.30. The molecule has 1 aromatic carbocycles. The lowest BCUT2D eigenvalue weighted by atomic mass is 10.3. The Morgan fingerprint density at radius 1 is 1.36 bits per heavy atom. The number of amides is 1. The predicted molar refractivity (Wildman–Crippen MR) is 47.2 cm³/mol. The summed E-state index contributed by atoms with van der Waals surface area (Å²) in [6, 6.07) is 6.53. The van der Waals surface area contributed by atoms with E-state index in [-0.39, 0.29) is 11.7 Å². The first-order valence-electron chi connectivity index (χ1n) is 4.21. The minimum atomic E-state index is -0.659. The van der Waals surface area contributed by atoms with Gasteiger partial charge in [-0.3, -0.25) is 0 Å². The van der Waals surface area contributed by atoms with Gasteiger partial charge in [-0.1, -0.05) is 16.6 Å². The molecule has 0 N–H and O–H groups in total. The van der Waals surface area contributed by atoms with Gasteiger partial charge in [0, 0.05) is 0 Å². The van der Waals surface area contributed by atoms with Gasteiger partial charge in [0.1, 0.15) is 12.4 Å². The molecule has 0 saturated heterocycles. The summed E-state index contributed by atoms with van der Waals surface area (Å²) in [6.45, 7) is -0.0620. The highest BCUT2D eigenvalue weighted by Crippen LogP contribution is 2.23. The summed E-state index contributed by atoms with van der Waals surface area (Å²) < 4.78 is 14.2. The van der Waals surface area contributed by atoms with Crippen LogP contribution in [0.25, 0.3) is 11.0 Å². The van der Waals surface area contributed by atoms with Crippen LogP contribution in [0.2, 0.25) is 0 Å². The van der Waals surface area contributed by atoms with E-state index in [1.54, 1.807) is 18.2 Å². The quantitative estimate of drug-likeness (QED) is 0.594. The van der Waals surface area contributed by atoms with Gasteiger partial charge in [0.05, 0.1) is 11.0 Å². The van der Waals surface area contributed by atoms with Crippen molar-refractivity contribution in [3.8, 4) is 0 Å². The standard InChI is InChI=1S/C9H6FN3O/c10-12-5-8-11-6-3-1-2-4-7(6)13(8)9(12)14/h1-4H,5H2. The lowest BCUT2D eigenvalue weighted by molar-refractivity contribution is 0.0742. The van der Waals surface area contributed by atoms with Gasteiger partial charge in [-0.05, 0) is 12.1 Å². The molecule has 0 radical (unpaired) electrons. The number of hydrogen-bond donors (Lipinski definition) is 0. The van der Waals surface area contributed by atoms with Gasteiger partial charge >= 0.3 is 6.03 Å². The number of rotatable bonds is 0. The maximum atomic E-state index is 12.9. The Morgan fingerprint density at radius 3 is 3.00 bits per heavy atom. The predicted octanol–water partition coefficient (Wildman–Crippen LogP) is 1.70. The molecule has 0 aliphatic carbocycles. The first-order chi connectivity index (χ1) is 6.77. The molecular formula is C9H6FN3O. The van der Waals surface area contributed by atoms with Crippen LogP contribution in [0, 0.1) is 0 Å². The number of para-hydroxylation sites is 2. The third kappa shape index (κ3) is 0.761. The third-order valence-corrected chi connectivity index (χ3v) is 2.31. The number of benzene rings is 1. The zero-order valence-corrected chi connectivity index (χ0v) is 7.14. The van der Waals surface area contributed by atoms with Crippen molar-refractivity contribution < 1.29 is 9.28 Å². The number of carbonyl (C=O) groups is 1. The Kier molecular flexibility index (Phi) is 1.24. The number of halogens is 1. The molecule has 0 unspecified atom stereocenters. The molecule has 1 aromatic heterocycles. The summed E-state index contributed by atoms with van der Waals surface area (Å²) in [7, 11) is 0. The van der Waals surface area contributed by atoms with Crippen LogP contribution in [0.3, 0.4) is 0 Å². The normalized spacial score (nSPS) is 15.2. The van der Waals surface area contributed by atoms with Gasteiger partial charge in [0.15, 0.2) is 0 Å². The average Bonchev–Trinajstić information content (AvgIpc) is 2.65. The van der Waals surface area contributed by atoms with Gasteiger partial charge in [-0.2, -0.15) is 5.12 Å². The average molecular weight is 191 g/mol. The SMILES string of the molecule is O=C1N(F)Cc2nc3ccccc3n21. The van der Waals surface area contributed by atoms with Gasteiger partial charge in [-0.15, -0.1) is 0 Å². The molecule has 0 saturated carbocycles. The second-order valence-corrected chi connectivity index (χ2v) is 3.15. The molecule has 0 spiro atoms. The van der Waals surface area contributed by atoms with Crippen molar-refractivity contribution >= 4 is 17.1 Å². The molecule has 0 bridgehead atoms. The Hall–Kier alpha value is -1.91. The molecule has 1 aliphatic heterocycles. The van der Waals surface area contributed by atoms with Crippen molar-refractivity contribution in [2.45, 2.75) is 6.54 Å². The minimum Gasteiger partial charge on any atom is -0.245 e. The fourth-order valence-corrected chi connectivity index (χ4v) is 1.70. The largest absolute Gasteiger partial charge is 0.358 e. The van der Waals surface area contributed by atoms with Gasteiger partial charge < -0.3 is 0 Å². The van der Waals surface area contributed by atoms with Crippen LogP contribution in [0.5, 0.6) is 0 Å². The number of nitrogens with zero attached hydrogens (tertiary/aromatic N) is 3. The van der Waals surface area contributed by atoms with E-state index in [9.17, 15) is 9.28 Å². The summed E-state index contributed by atoms with van der Waals surface area (Å²) in [5, 5.41) is 0.161. The maximum absolute atomic E-state index is 12.9.